The Hall–Kier alpha value is -1.11. The third-order valence-electron chi connectivity index (χ3n) is 2.73. The molecule has 0 aliphatic carbocycles. The molecule has 1 saturated heterocycles. The van der Waals surface area contributed by atoms with Crippen LogP contribution in [0.4, 0.5) is 23.2 Å². The summed E-state index contributed by atoms with van der Waals surface area (Å²) in [6.07, 6.45) is 0.995. The lowest BCUT2D eigenvalue weighted by Crippen LogP contribution is -2.43. The van der Waals surface area contributed by atoms with Gasteiger partial charge in [-0.3, -0.25) is 4.79 Å². The van der Waals surface area contributed by atoms with E-state index in [1.807, 2.05) is 0 Å². The Morgan fingerprint density at radius 2 is 1.72 bits per heavy atom. The van der Waals surface area contributed by atoms with Gasteiger partial charge in [0.25, 0.3) is 0 Å². The summed E-state index contributed by atoms with van der Waals surface area (Å²) in [5, 5.41) is 0. The van der Waals surface area contributed by atoms with E-state index in [2.05, 4.69) is 15.9 Å². The first kappa shape index (κ1) is 13.3. The van der Waals surface area contributed by atoms with Crippen LogP contribution in [0, 0.1) is 23.3 Å². The lowest BCUT2D eigenvalue weighted by molar-refractivity contribution is -0.118. The van der Waals surface area contributed by atoms with Crippen molar-refractivity contribution in [3.8, 4) is 0 Å². The Morgan fingerprint density at radius 1 is 1.17 bits per heavy atom. The average Bonchev–Trinajstić information content (AvgIpc) is 2.32. The number of rotatable bonds is 1. The van der Waals surface area contributed by atoms with Crippen molar-refractivity contribution >= 4 is 27.5 Å². The molecule has 2 rings (SSSR count). The molecule has 2 nitrogen and oxygen atoms in total. The van der Waals surface area contributed by atoms with Gasteiger partial charge in [-0.05, 0) is 12.8 Å². The summed E-state index contributed by atoms with van der Waals surface area (Å²) in [4.78, 5) is 11.9. The Morgan fingerprint density at radius 3 is 2.28 bits per heavy atom. The molecule has 1 unspecified atom stereocenters. The number of amides is 1. The van der Waals surface area contributed by atoms with Crippen molar-refractivity contribution in [3.63, 3.8) is 0 Å². The summed E-state index contributed by atoms with van der Waals surface area (Å²) in [5.41, 5.74) is -0.957. The van der Waals surface area contributed by atoms with Gasteiger partial charge in [-0.15, -0.1) is 0 Å². The Balaban J connectivity index is 2.53. The summed E-state index contributed by atoms with van der Waals surface area (Å²) in [5.74, 6) is -6.75. The van der Waals surface area contributed by atoms with E-state index >= 15 is 0 Å². The molecule has 0 radical (unpaired) electrons. The number of benzene rings is 1. The van der Waals surface area contributed by atoms with E-state index in [-0.39, 0.29) is 12.6 Å². The molecule has 1 aliphatic heterocycles. The maximum atomic E-state index is 13.5. The van der Waals surface area contributed by atoms with E-state index in [0.29, 0.717) is 12.8 Å². The van der Waals surface area contributed by atoms with Crippen LogP contribution in [-0.4, -0.2) is 17.3 Å². The van der Waals surface area contributed by atoms with Crippen molar-refractivity contribution in [2.75, 3.05) is 11.4 Å². The van der Waals surface area contributed by atoms with E-state index in [1.165, 1.54) is 0 Å². The molecule has 0 bridgehead atoms. The van der Waals surface area contributed by atoms with Crippen LogP contribution in [-0.2, 0) is 4.79 Å². The maximum absolute atomic E-state index is 13.5. The molecule has 1 aromatic carbocycles. The van der Waals surface area contributed by atoms with Gasteiger partial charge in [0.05, 0.1) is 4.83 Å². The fourth-order valence-corrected chi connectivity index (χ4v) is 2.42. The van der Waals surface area contributed by atoms with Gasteiger partial charge in [0.1, 0.15) is 5.69 Å². The van der Waals surface area contributed by atoms with Crippen molar-refractivity contribution < 1.29 is 22.4 Å². The zero-order chi connectivity index (χ0) is 13.4. The van der Waals surface area contributed by atoms with Gasteiger partial charge >= 0.3 is 0 Å². The molecule has 0 N–H and O–H groups in total. The SMILES string of the molecule is O=C1C(Br)CCCN1c1c(F)c(F)cc(F)c1F. The number of carbonyl (C=O) groups excluding carboxylic acids is 1. The molecule has 1 aromatic rings. The molecular formula is C11H8BrF4NO. The highest BCUT2D eigenvalue weighted by Gasteiger charge is 2.33. The van der Waals surface area contributed by atoms with Crippen LogP contribution in [0.2, 0.25) is 0 Å². The Bertz CT molecular complexity index is 482. The third-order valence-corrected chi connectivity index (χ3v) is 3.58. The van der Waals surface area contributed by atoms with Gasteiger partial charge < -0.3 is 4.90 Å². The first-order valence-electron chi connectivity index (χ1n) is 5.22. The number of carbonyl (C=O) groups is 1. The second-order valence-corrected chi connectivity index (χ2v) is 5.02. The van der Waals surface area contributed by atoms with Gasteiger partial charge in [-0.1, -0.05) is 15.9 Å². The van der Waals surface area contributed by atoms with Crippen LogP contribution in [0.15, 0.2) is 6.07 Å². The van der Waals surface area contributed by atoms with Gasteiger partial charge in [0, 0.05) is 12.6 Å². The molecule has 1 amide bonds. The first-order chi connectivity index (χ1) is 8.43. The molecule has 0 saturated carbocycles. The van der Waals surface area contributed by atoms with Crippen molar-refractivity contribution in [2.24, 2.45) is 0 Å². The fourth-order valence-electron chi connectivity index (χ4n) is 1.85. The molecule has 98 valence electrons. The van der Waals surface area contributed by atoms with Gasteiger partial charge in [-0.25, -0.2) is 17.6 Å². The highest BCUT2D eigenvalue weighted by atomic mass is 79.9. The molecule has 1 fully saturated rings. The average molecular weight is 326 g/mol. The molecule has 0 spiro atoms. The van der Waals surface area contributed by atoms with E-state index in [1.54, 1.807) is 0 Å². The molecule has 1 aliphatic rings. The topological polar surface area (TPSA) is 20.3 Å². The molecule has 7 heteroatoms. The maximum Gasteiger partial charge on any atom is 0.240 e. The zero-order valence-corrected chi connectivity index (χ0v) is 10.6. The third kappa shape index (κ3) is 2.11. The van der Waals surface area contributed by atoms with E-state index in [0.717, 1.165) is 4.90 Å². The normalized spacial score (nSPS) is 20.4. The fraction of sp³-hybridized carbons (Fsp3) is 0.364. The van der Waals surface area contributed by atoms with Crippen molar-refractivity contribution in [3.05, 3.63) is 29.3 Å². The van der Waals surface area contributed by atoms with Crippen LogP contribution in [0.3, 0.4) is 0 Å². The lowest BCUT2D eigenvalue weighted by atomic mass is 10.1. The number of anilines is 1. The smallest absolute Gasteiger partial charge is 0.240 e. The van der Waals surface area contributed by atoms with E-state index in [9.17, 15) is 22.4 Å². The molecule has 1 heterocycles. The summed E-state index contributed by atoms with van der Waals surface area (Å²) in [7, 11) is 0. The number of nitrogens with zero attached hydrogens (tertiary/aromatic N) is 1. The quantitative estimate of drug-likeness (QED) is 0.441. The molecule has 0 aromatic heterocycles. The highest BCUT2D eigenvalue weighted by Crippen LogP contribution is 2.31. The Labute approximate surface area is 109 Å². The van der Waals surface area contributed by atoms with Crippen molar-refractivity contribution in [1.29, 1.82) is 0 Å². The molecule has 1 atom stereocenters. The van der Waals surface area contributed by atoms with Gasteiger partial charge in [0.15, 0.2) is 23.3 Å². The predicted molar refractivity (Wildman–Crippen MR) is 60.6 cm³/mol. The minimum absolute atomic E-state index is 0.0255. The van der Waals surface area contributed by atoms with Gasteiger partial charge in [-0.2, -0.15) is 0 Å². The number of halogens is 5. The predicted octanol–water partition coefficient (Wildman–Crippen LogP) is 3.13. The van der Waals surface area contributed by atoms with Crippen LogP contribution in [0.1, 0.15) is 12.8 Å². The number of hydrogen-bond acceptors (Lipinski definition) is 1. The summed E-state index contributed by atoms with van der Waals surface area (Å²) in [6.45, 7) is 0.0255. The van der Waals surface area contributed by atoms with Crippen LogP contribution in [0.25, 0.3) is 0 Å². The zero-order valence-electron chi connectivity index (χ0n) is 9.02. The summed E-state index contributed by atoms with van der Waals surface area (Å²) < 4.78 is 53.2. The van der Waals surface area contributed by atoms with E-state index in [4.69, 9.17) is 0 Å². The van der Waals surface area contributed by atoms with Crippen LogP contribution >= 0.6 is 15.9 Å². The minimum atomic E-state index is -1.55. The second-order valence-electron chi connectivity index (χ2n) is 3.92. The number of hydrogen-bond donors (Lipinski definition) is 0. The summed E-state index contributed by atoms with van der Waals surface area (Å²) >= 11 is 3.05. The molecule has 18 heavy (non-hydrogen) atoms. The highest BCUT2D eigenvalue weighted by molar-refractivity contribution is 9.10. The standard InChI is InChI=1S/C11H8BrF4NO/c12-5-2-1-3-17(11(5)18)10-8(15)6(13)4-7(14)9(10)16/h4-5H,1-3H2. The molecular weight excluding hydrogens is 318 g/mol. The van der Waals surface area contributed by atoms with Gasteiger partial charge in [0.2, 0.25) is 5.91 Å². The van der Waals surface area contributed by atoms with Crippen molar-refractivity contribution in [2.45, 2.75) is 17.7 Å². The van der Waals surface area contributed by atoms with Crippen LogP contribution in [0.5, 0.6) is 0 Å². The Kier molecular flexibility index (Phi) is 3.61. The second kappa shape index (κ2) is 4.87. The lowest BCUT2D eigenvalue weighted by Gasteiger charge is -2.30. The largest absolute Gasteiger partial charge is 0.306 e. The van der Waals surface area contributed by atoms with Crippen molar-refractivity contribution in [1.82, 2.24) is 0 Å². The van der Waals surface area contributed by atoms with Crippen LogP contribution < -0.4 is 4.90 Å². The number of piperidine rings is 1. The monoisotopic (exact) mass is 325 g/mol. The first-order valence-corrected chi connectivity index (χ1v) is 6.13. The van der Waals surface area contributed by atoms with E-state index < -0.39 is 39.7 Å². The minimum Gasteiger partial charge on any atom is -0.306 e. The number of alkyl halides is 1. The summed E-state index contributed by atoms with van der Waals surface area (Å²) in [6, 6.07) is 0.119.